The summed E-state index contributed by atoms with van der Waals surface area (Å²) in [4.78, 5) is 0. The van der Waals surface area contributed by atoms with Gasteiger partial charge in [0, 0.05) is 5.33 Å². The maximum Gasteiger partial charge on any atom is 0.0283 e. The van der Waals surface area contributed by atoms with E-state index in [4.69, 9.17) is 0 Å². The van der Waals surface area contributed by atoms with Crippen LogP contribution in [0.15, 0.2) is 36.4 Å². The molecule has 1 aromatic carbocycles. The smallest absolute Gasteiger partial charge is 0.0283 e. The Morgan fingerprint density at radius 1 is 1.25 bits per heavy atom. The third-order valence-corrected chi connectivity index (χ3v) is 2.33. The average molecular weight is 225 g/mol. The van der Waals surface area contributed by atoms with Gasteiger partial charge in [-0.25, -0.2) is 0 Å². The maximum absolute atomic E-state index is 3.88. The van der Waals surface area contributed by atoms with Crippen molar-refractivity contribution in [2.75, 3.05) is 0 Å². The normalized spacial score (nSPS) is 9.83. The molecule has 0 radical (unpaired) electrons. The third-order valence-electron chi connectivity index (χ3n) is 1.68. The minimum Gasteiger partial charge on any atom is -0.0998 e. The second-order valence-corrected chi connectivity index (χ2v) is 3.64. The number of allylic oxidation sites excluding steroid dienone is 1. The molecule has 64 valence electrons. The van der Waals surface area contributed by atoms with Crippen LogP contribution in [0.25, 0.3) is 0 Å². The van der Waals surface area contributed by atoms with E-state index in [0.717, 1.165) is 11.8 Å². The molecule has 0 aliphatic rings. The highest BCUT2D eigenvalue weighted by Crippen LogP contribution is 2.10. The van der Waals surface area contributed by atoms with Crippen LogP contribution in [0.4, 0.5) is 0 Å². The molecule has 0 aromatic heterocycles. The zero-order valence-corrected chi connectivity index (χ0v) is 8.89. The molecular formula is C11H13Br. The topological polar surface area (TPSA) is 0 Å². The van der Waals surface area contributed by atoms with Crippen molar-refractivity contribution in [3.05, 3.63) is 47.5 Å². The maximum atomic E-state index is 3.88. The van der Waals surface area contributed by atoms with E-state index in [9.17, 15) is 0 Å². The summed E-state index contributed by atoms with van der Waals surface area (Å²) in [5, 5.41) is 0.931. The van der Waals surface area contributed by atoms with Gasteiger partial charge in [0.15, 0.2) is 0 Å². The molecule has 0 aliphatic carbocycles. The van der Waals surface area contributed by atoms with Gasteiger partial charge >= 0.3 is 0 Å². The molecule has 0 nitrogen and oxygen atoms in total. The number of hydrogen-bond acceptors (Lipinski definition) is 0. The Bertz CT molecular complexity index is 259. The van der Waals surface area contributed by atoms with Crippen molar-refractivity contribution in [3.63, 3.8) is 0 Å². The molecule has 1 heteroatoms. The van der Waals surface area contributed by atoms with Gasteiger partial charge in [-0.05, 0) is 24.5 Å². The van der Waals surface area contributed by atoms with E-state index in [2.05, 4.69) is 53.7 Å². The van der Waals surface area contributed by atoms with Crippen LogP contribution in [-0.2, 0) is 11.8 Å². The Hall–Kier alpha value is -0.560. The second-order valence-electron chi connectivity index (χ2n) is 3.08. The van der Waals surface area contributed by atoms with Gasteiger partial charge in [-0.15, -0.1) is 0 Å². The SMILES string of the molecule is C=C(C)Cc1ccc(CBr)cc1. The number of benzene rings is 1. The molecule has 0 heterocycles. The largest absolute Gasteiger partial charge is 0.0998 e. The molecule has 12 heavy (non-hydrogen) atoms. The molecular weight excluding hydrogens is 212 g/mol. The standard InChI is InChI=1S/C11H13Br/c1-9(2)7-10-3-5-11(8-12)6-4-10/h3-6H,1,7-8H2,2H3. The van der Waals surface area contributed by atoms with Crippen LogP contribution in [0.2, 0.25) is 0 Å². The van der Waals surface area contributed by atoms with E-state index in [0.29, 0.717) is 0 Å². The van der Waals surface area contributed by atoms with Crippen LogP contribution in [0.3, 0.4) is 0 Å². The Morgan fingerprint density at radius 3 is 2.17 bits per heavy atom. The van der Waals surface area contributed by atoms with E-state index in [-0.39, 0.29) is 0 Å². The first-order valence-electron chi connectivity index (χ1n) is 4.00. The summed E-state index contributed by atoms with van der Waals surface area (Å²) >= 11 is 3.42. The van der Waals surface area contributed by atoms with Gasteiger partial charge in [-0.1, -0.05) is 52.3 Å². The van der Waals surface area contributed by atoms with Crippen molar-refractivity contribution in [2.24, 2.45) is 0 Å². The highest BCUT2D eigenvalue weighted by molar-refractivity contribution is 9.08. The first-order chi connectivity index (χ1) is 5.72. The van der Waals surface area contributed by atoms with Crippen LogP contribution < -0.4 is 0 Å². The molecule has 0 atom stereocenters. The fourth-order valence-electron chi connectivity index (χ4n) is 1.09. The van der Waals surface area contributed by atoms with Gasteiger partial charge in [0.05, 0.1) is 0 Å². The summed E-state index contributed by atoms with van der Waals surface area (Å²) in [5.41, 5.74) is 3.87. The average Bonchev–Trinajstić information content (AvgIpc) is 2.05. The van der Waals surface area contributed by atoms with Gasteiger partial charge < -0.3 is 0 Å². The molecule has 0 unspecified atom stereocenters. The van der Waals surface area contributed by atoms with Crippen molar-refractivity contribution in [1.82, 2.24) is 0 Å². The van der Waals surface area contributed by atoms with Crippen LogP contribution in [0, 0.1) is 0 Å². The van der Waals surface area contributed by atoms with E-state index in [1.54, 1.807) is 0 Å². The number of alkyl halides is 1. The van der Waals surface area contributed by atoms with Crippen molar-refractivity contribution < 1.29 is 0 Å². The van der Waals surface area contributed by atoms with Gasteiger partial charge in [-0.3, -0.25) is 0 Å². The minimum absolute atomic E-state index is 0.931. The molecule has 0 bridgehead atoms. The second kappa shape index (κ2) is 4.46. The number of rotatable bonds is 3. The van der Waals surface area contributed by atoms with Gasteiger partial charge in [-0.2, -0.15) is 0 Å². The van der Waals surface area contributed by atoms with E-state index < -0.39 is 0 Å². The lowest BCUT2D eigenvalue weighted by molar-refractivity contribution is 1.15. The van der Waals surface area contributed by atoms with Gasteiger partial charge in [0.25, 0.3) is 0 Å². The monoisotopic (exact) mass is 224 g/mol. The Kier molecular flexibility index (Phi) is 3.54. The summed E-state index contributed by atoms with van der Waals surface area (Å²) < 4.78 is 0. The number of hydrogen-bond donors (Lipinski definition) is 0. The highest BCUT2D eigenvalue weighted by Gasteiger charge is 1.93. The fourth-order valence-corrected chi connectivity index (χ4v) is 1.47. The predicted octanol–water partition coefficient (Wildman–Crippen LogP) is 3.70. The molecule has 0 saturated carbocycles. The number of halogens is 1. The molecule has 0 amide bonds. The molecule has 0 fully saturated rings. The van der Waals surface area contributed by atoms with E-state index in [1.807, 2.05) is 0 Å². The van der Waals surface area contributed by atoms with Crippen LogP contribution in [0.5, 0.6) is 0 Å². The first-order valence-corrected chi connectivity index (χ1v) is 5.12. The van der Waals surface area contributed by atoms with Crippen molar-refractivity contribution >= 4 is 15.9 Å². The summed E-state index contributed by atoms with van der Waals surface area (Å²) in [6.45, 7) is 5.94. The Morgan fingerprint density at radius 2 is 1.75 bits per heavy atom. The predicted molar refractivity (Wildman–Crippen MR) is 57.6 cm³/mol. The molecule has 0 spiro atoms. The quantitative estimate of drug-likeness (QED) is 0.543. The summed E-state index contributed by atoms with van der Waals surface area (Å²) in [6.07, 6.45) is 0.989. The van der Waals surface area contributed by atoms with Gasteiger partial charge in [0.2, 0.25) is 0 Å². The van der Waals surface area contributed by atoms with Crippen molar-refractivity contribution in [2.45, 2.75) is 18.7 Å². The van der Waals surface area contributed by atoms with Crippen LogP contribution in [0.1, 0.15) is 18.1 Å². The van der Waals surface area contributed by atoms with Crippen LogP contribution >= 0.6 is 15.9 Å². The summed E-state index contributed by atoms with van der Waals surface area (Å²) in [5.74, 6) is 0. The van der Waals surface area contributed by atoms with E-state index >= 15 is 0 Å². The molecule has 0 N–H and O–H groups in total. The van der Waals surface area contributed by atoms with E-state index in [1.165, 1.54) is 16.7 Å². The van der Waals surface area contributed by atoms with Crippen molar-refractivity contribution in [1.29, 1.82) is 0 Å². The lowest BCUT2D eigenvalue weighted by Crippen LogP contribution is -1.85. The van der Waals surface area contributed by atoms with Gasteiger partial charge in [0.1, 0.15) is 0 Å². The fraction of sp³-hybridized carbons (Fsp3) is 0.273. The molecule has 1 aromatic rings. The minimum atomic E-state index is 0.931. The first kappa shape index (κ1) is 9.53. The third kappa shape index (κ3) is 2.82. The summed E-state index contributed by atoms with van der Waals surface area (Å²) in [7, 11) is 0. The Balaban J connectivity index is 2.71. The lowest BCUT2D eigenvalue weighted by atomic mass is 10.1. The van der Waals surface area contributed by atoms with Crippen molar-refractivity contribution in [3.8, 4) is 0 Å². The molecule has 0 aliphatic heterocycles. The zero-order valence-electron chi connectivity index (χ0n) is 7.31. The Labute approximate surface area is 82.4 Å². The lowest BCUT2D eigenvalue weighted by Gasteiger charge is -2.01. The zero-order chi connectivity index (χ0) is 8.97. The molecule has 0 saturated heterocycles. The van der Waals surface area contributed by atoms with Crippen LogP contribution in [-0.4, -0.2) is 0 Å². The summed E-state index contributed by atoms with van der Waals surface area (Å²) in [6, 6.07) is 8.61. The highest BCUT2D eigenvalue weighted by atomic mass is 79.9. The molecule has 1 rings (SSSR count).